The van der Waals surface area contributed by atoms with Gasteiger partial charge >= 0.3 is 0 Å². The Morgan fingerprint density at radius 1 is 1.10 bits per heavy atom. The summed E-state index contributed by atoms with van der Waals surface area (Å²) in [6.45, 7) is 5.25. The lowest BCUT2D eigenvalue weighted by Gasteiger charge is -2.09. The highest BCUT2D eigenvalue weighted by Gasteiger charge is 2.14. The van der Waals surface area contributed by atoms with Crippen LogP contribution in [0.3, 0.4) is 0 Å². The zero-order valence-electron chi connectivity index (χ0n) is 11.9. The third kappa shape index (κ3) is 1.95. The van der Waals surface area contributed by atoms with Crippen LogP contribution in [0.4, 0.5) is 5.69 Å². The lowest BCUT2D eigenvalue weighted by atomic mass is 10.1. The molecule has 0 atom stereocenters. The van der Waals surface area contributed by atoms with Gasteiger partial charge in [0, 0.05) is 12.1 Å². The van der Waals surface area contributed by atoms with Crippen molar-refractivity contribution in [1.29, 1.82) is 0 Å². The number of hydrogen-bond acceptors (Lipinski definition) is 2. The first-order valence-electron chi connectivity index (χ1n) is 7.03. The molecule has 3 nitrogen and oxygen atoms in total. The summed E-state index contributed by atoms with van der Waals surface area (Å²) in [6.07, 6.45) is 1.07. The second kappa shape index (κ2) is 5.00. The summed E-state index contributed by atoms with van der Waals surface area (Å²) in [5.41, 5.74) is 11.2. The molecule has 0 bridgehead atoms. The largest absolute Gasteiger partial charge is 0.397 e. The van der Waals surface area contributed by atoms with Crippen LogP contribution in [-0.4, -0.2) is 9.55 Å². The van der Waals surface area contributed by atoms with E-state index in [0.29, 0.717) is 0 Å². The Hall–Kier alpha value is -2.29. The minimum Gasteiger partial charge on any atom is -0.397 e. The third-order valence-corrected chi connectivity index (χ3v) is 3.64. The molecular weight excluding hydrogens is 246 g/mol. The summed E-state index contributed by atoms with van der Waals surface area (Å²) in [6, 6.07) is 14.4. The molecule has 0 saturated carbocycles. The van der Waals surface area contributed by atoms with Crippen LogP contribution in [0.15, 0.2) is 42.5 Å². The van der Waals surface area contributed by atoms with Crippen LogP contribution in [0.2, 0.25) is 0 Å². The van der Waals surface area contributed by atoms with E-state index in [1.54, 1.807) is 0 Å². The number of aromatic nitrogens is 2. The summed E-state index contributed by atoms with van der Waals surface area (Å²) >= 11 is 0. The number of anilines is 1. The smallest absolute Gasteiger partial charge is 0.141 e. The van der Waals surface area contributed by atoms with E-state index in [2.05, 4.69) is 48.7 Å². The summed E-state index contributed by atoms with van der Waals surface area (Å²) in [5.74, 6) is 1.01. The van der Waals surface area contributed by atoms with Crippen molar-refractivity contribution in [1.82, 2.24) is 9.55 Å². The molecule has 0 unspecified atom stereocenters. The highest BCUT2D eigenvalue weighted by Crippen LogP contribution is 2.29. The van der Waals surface area contributed by atoms with Gasteiger partial charge in [-0.05, 0) is 31.0 Å². The van der Waals surface area contributed by atoms with Crippen molar-refractivity contribution in [2.24, 2.45) is 0 Å². The van der Waals surface area contributed by atoms with Crippen LogP contribution in [0.5, 0.6) is 0 Å². The fourth-order valence-electron chi connectivity index (χ4n) is 2.65. The Kier molecular flexibility index (Phi) is 3.18. The standard InChI is InChI=1S/C17H19N3/c1-3-11-20-15-10-6-9-14(18)16(15)19-17(20)13-8-5-4-7-12(13)2/h4-10H,3,11,18H2,1-2H3. The van der Waals surface area contributed by atoms with Gasteiger partial charge in [-0.3, -0.25) is 0 Å². The molecule has 3 aromatic rings. The van der Waals surface area contributed by atoms with Gasteiger partial charge in [0.05, 0.1) is 11.2 Å². The molecule has 3 heteroatoms. The molecule has 2 aromatic carbocycles. The molecule has 0 aliphatic carbocycles. The Morgan fingerprint density at radius 3 is 2.65 bits per heavy atom. The SMILES string of the molecule is CCCn1c(-c2ccccc2C)nc2c(N)cccc21. The number of para-hydroxylation sites is 1. The fraction of sp³-hybridized carbons (Fsp3) is 0.235. The van der Waals surface area contributed by atoms with E-state index >= 15 is 0 Å². The van der Waals surface area contributed by atoms with E-state index in [4.69, 9.17) is 10.7 Å². The number of rotatable bonds is 3. The molecule has 0 fully saturated rings. The van der Waals surface area contributed by atoms with Gasteiger partial charge in [0.2, 0.25) is 0 Å². The summed E-state index contributed by atoms with van der Waals surface area (Å²) in [7, 11) is 0. The van der Waals surface area contributed by atoms with Crippen LogP contribution < -0.4 is 5.73 Å². The van der Waals surface area contributed by atoms with Gasteiger partial charge in [-0.2, -0.15) is 0 Å². The van der Waals surface area contributed by atoms with E-state index in [-0.39, 0.29) is 0 Å². The van der Waals surface area contributed by atoms with E-state index < -0.39 is 0 Å². The normalized spacial score (nSPS) is 11.1. The van der Waals surface area contributed by atoms with Gasteiger partial charge in [0.1, 0.15) is 11.3 Å². The van der Waals surface area contributed by atoms with Crippen molar-refractivity contribution in [3.05, 3.63) is 48.0 Å². The second-order valence-corrected chi connectivity index (χ2v) is 5.12. The van der Waals surface area contributed by atoms with Gasteiger partial charge in [-0.25, -0.2) is 4.98 Å². The summed E-state index contributed by atoms with van der Waals surface area (Å²) in [4.78, 5) is 4.80. The Labute approximate surface area is 119 Å². The number of fused-ring (bicyclic) bond motifs is 1. The minimum absolute atomic E-state index is 0.743. The maximum absolute atomic E-state index is 6.07. The molecule has 0 amide bonds. The average molecular weight is 265 g/mol. The topological polar surface area (TPSA) is 43.8 Å². The van der Waals surface area contributed by atoms with E-state index in [9.17, 15) is 0 Å². The molecule has 0 spiro atoms. The van der Waals surface area contributed by atoms with Gasteiger partial charge in [0.25, 0.3) is 0 Å². The third-order valence-electron chi connectivity index (χ3n) is 3.64. The number of benzene rings is 2. The summed E-state index contributed by atoms with van der Waals surface area (Å²) < 4.78 is 2.27. The van der Waals surface area contributed by atoms with E-state index in [0.717, 1.165) is 35.5 Å². The Balaban J connectivity index is 2.32. The second-order valence-electron chi connectivity index (χ2n) is 5.12. The van der Waals surface area contributed by atoms with Crippen LogP contribution in [0.1, 0.15) is 18.9 Å². The molecule has 0 aliphatic heterocycles. The van der Waals surface area contributed by atoms with Gasteiger partial charge in [0.15, 0.2) is 0 Å². The zero-order chi connectivity index (χ0) is 14.1. The molecule has 0 saturated heterocycles. The molecule has 0 aliphatic rings. The molecule has 1 aromatic heterocycles. The van der Waals surface area contributed by atoms with E-state index in [1.807, 2.05) is 12.1 Å². The number of aryl methyl sites for hydroxylation is 2. The minimum atomic E-state index is 0.743. The highest BCUT2D eigenvalue weighted by atomic mass is 15.1. The van der Waals surface area contributed by atoms with Crippen molar-refractivity contribution in [2.75, 3.05) is 5.73 Å². The first-order valence-corrected chi connectivity index (χ1v) is 7.03. The van der Waals surface area contributed by atoms with Gasteiger partial charge < -0.3 is 10.3 Å². The van der Waals surface area contributed by atoms with Crippen LogP contribution in [-0.2, 0) is 6.54 Å². The maximum atomic E-state index is 6.07. The fourth-order valence-corrected chi connectivity index (χ4v) is 2.65. The quantitative estimate of drug-likeness (QED) is 0.727. The van der Waals surface area contributed by atoms with Crippen molar-refractivity contribution in [3.8, 4) is 11.4 Å². The number of imidazole rings is 1. The first-order chi connectivity index (χ1) is 9.72. The molecule has 0 radical (unpaired) electrons. The number of nitrogens with zero attached hydrogens (tertiary/aromatic N) is 2. The zero-order valence-corrected chi connectivity index (χ0v) is 11.9. The Bertz CT molecular complexity index is 756. The summed E-state index contributed by atoms with van der Waals surface area (Å²) in [5, 5.41) is 0. The average Bonchev–Trinajstić information content (AvgIpc) is 2.80. The molecular formula is C17H19N3. The lowest BCUT2D eigenvalue weighted by Crippen LogP contribution is -2.00. The molecule has 2 N–H and O–H groups in total. The van der Waals surface area contributed by atoms with Gasteiger partial charge in [-0.15, -0.1) is 0 Å². The van der Waals surface area contributed by atoms with Crippen LogP contribution in [0, 0.1) is 6.92 Å². The predicted molar refractivity (Wildman–Crippen MR) is 84.6 cm³/mol. The monoisotopic (exact) mass is 265 g/mol. The van der Waals surface area contributed by atoms with Crippen molar-refractivity contribution in [3.63, 3.8) is 0 Å². The first kappa shape index (κ1) is 12.7. The number of hydrogen-bond donors (Lipinski definition) is 1. The number of nitrogens with two attached hydrogens (primary N) is 1. The van der Waals surface area contributed by atoms with E-state index in [1.165, 1.54) is 11.1 Å². The predicted octanol–water partition coefficient (Wildman–Crippen LogP) is 4.00. The van der Waals surface area contributed by atoms with Crippen LogP contribution in [0.25, 0.3) is 22.4 Å². The lowest BCUT2D eigenvalue weighted by molar-refractivity contribution is 0.704. The molecule has 3 rings (SSSR count). The van der Waals surface area contributed by atoms with Crippen molar-refractivity contribution < 1.29 is 0 Å². The highest BCUT2D eigenvalue weighted by molar-refractivity contribution is 5.90. The molecule has 20 heavy (non-hydrogen) atoms. The molecule has 102 valence electrons. The van der Waals surface area contributed by atoms with Gasteiger partial charge in [-0.1, -0.05) is 37.3 Å². The Morgan fingerprint density at radius 2 is 1.90 bits per heavy atom. The maximum Gasteiger partial charge on any atom is 0.141 e. The van der Waals surface area contributed by atoms with Crippen molar-refractivity contribution >= 4 is 16.7 Å². The van der Waals surface area contributed by atoms with Crippen molar-refractivity contribution in [2.45, 2.75) is 26.8 Å². The van der Waals surface area contributed by atoms with Crippen LogP contribution >= 0.6 is 0 Å². The molecule has 1 heterocycles. The number of nitrogen functional groups attached to an aromatic ring is 1.